The molecule has 0 saturated carbocycles. The fourth-order valence-electron chi connectivity index (χ4n) is 2.60. The van der Waals surface area contributed by atoms with Crippen molar-refractivity contribution in [3.63, 3.8) is 0 Å². The van der Waals surface area contributed by atoms with Crippen LogP contribution in [0.5, 0.6) is 5.75 Å². The van der Waals surface area contributed by atoms with Gasteiger partial charge in [0.25, 0.3) is 0 Å². The van der Waals surface area contributed by atoms with Crippen LogP contribution < -0.4 is 10.1 Å². The number of carbonyl (C=O) groups is 2. The van der Waals surface area contributed by atoms with Gasteiger partial charge in [-0.2, -0.15) is 0 Å². The molecular formula is C21H24ClNO4. The number of carbonyl (C=O) groups excluding carboxylic acids is 2. The number of hydrogen-bond acceptors (Lipinski definition) is 4. The summed E-state index contributed by atoms with van der Waals surface area (Å²) >= 11 is 6.14. The van der Waals surface area contributed by atoms with E-state index in [0.29, 0.717) is 24.3 Å². The fraction of sp³-hybridized carbons (Fsp3) is 0.333. The monoisotopic (exact) mass is 389 g/mol. The van der Waals surface area contributed by atoms with Crippen molar-refractivity contribution in [2.45, 2.75) is 33.6 Å². The average molecular weight is 390 g/mol. The fourth-order valence-corrected chi connectivity index (χ4v) is 2.71. The smallest absolute Gasteiger partial charge is 0.340 e. The van der Waals surface area contributed by atoms with Crippen molar-refractivity contribution in [2.24, 2.45) is 0 Å². The van der Waals surface area contributed by atoms with Gasteiger partial charge in [0.05, 0.1) is 24.5 Å². The number of esters is 1. The zero-order valence-electron chi connectivity index (χ0n) is 15.8. The van der Waals surface area contributed by atoms with Gasteiger partial charge in [0.15, 0.2) is 0 Å². The first kappa shape index (κ1) is 20.8. The van der Waals surface area contributed by atoms with Gasteiger partial charge in [-0.05, 0) is 62.6 Å². The lowest BCUT2D eigenvalue weighted by atomic mass is 10.1. The molecule has 0 spiro atoms. The van der Waals surface area contributed by atoms with E-state index in [0.717, 1.165) is 21.9 Å². The van der Waals surface area contributed by atoms with Crippen LogP contribution in [0.2, 0.25) is 5.02 Å². The second kappa shape index (κ2) is 9.97. The maximum absolute atomic E-state index is 12.2. The van der Waals surface area contributed by atoms with Crippen LogP contribution in [-0.4, -0.2) is 25.1 Å². The minimum Gasteiger partial charge on any atom is -0.494 e. The molecule has 0 aliphatic rings. The van der Waals surface area contributed by atoms with Gasteiger partial charge in [0, 0.05) is 11.4 Å². The van der Waals surface area contributed by atoms with Crippen LogP contribution in [0.1, 0.15) is 41.3 Å². The van der Waals surface area contributed by atoms with Crippen molar-refractivity contribution in [3.05, 3.63) is 58.1 Å². The lowest BCUT2D eigenvalue weighted by molar-refractivity contribution is -0.116. The van der Waals surface area contributed by atoms with E-state index in [4.69, 9.17) is 21.1 Å². The van der Waals surface area contributed by atoms with Crippen LogP contribution in [0, 0.1) is 13.8 Å². The summed E-state index contributed by atoms with van der Waals surface area (Å²) in [5, 5.41) is 3.50. The number of benzene rings is 2. The summed E-state index contributed by atoms with van der Waals surface area (Å²) in [6, 6.07) is 10.6. The Balaban J connectivity index is 1.84. The average Bonchev–Trinajstić information content (AvgIpc) is 2.64. The Hall–Kier alpha value is -2.53. The molecule has 144 valence electrons. The molecule has 2 rings (SSSR count). The van der Waals surface area contributed by atoms with Crippen LogP contribution in [0.25, 0.3) is 0 Å². The van der Waals surface area contributed by atoms with Crippen LogP contribution in [0.15, 0.2) is 36.4 Å². The normalized spacial score (nSPS) is 10.4. The molecule has 2 aromatic carbocycles. The number of para-hydroxylation sites is 1. The summed E-state index contributed by atoms with van der Waals surface area (Å²) in [7, 11) is 0. The lowest BCUT2D eigenvalue weighted by Gasteiger charge is -2.11. The zero-order valence-corrected chi connectivity index (χ0v) is 16.6. The van der Waals surface area contributed by atoms with Gasteiger partial charge in [-0.3, -0.25) is 4.79 Å². The van der Waals surface area contributed by atoms with Gasteiger partial charge in [0.1, 0.15) is 5.75 Å². The summed E-state index contributed by atoms with van der Waals surface area (Å²) in [5.74, 6) is 0.103. The molecule has 0 aliphatic heterocycles. The van der Waals surface area contributed by atoms with Gasteiger partial charge in [-0.1, -0.05) is 23.7 Å². The minimum atomic E-state index is -0.454. The van der Waals surface area contributed by atoms with Gasteiger partial charge >= 0.3 is 5.97 Å². The van der Waals surface area contributed by atoms with Crippen LogP contribution >= 0.6 is 11.6 Å². The topological polar surface area (TPSA) is 64.6 Å². The van der Waals surface area contributed by atoms with E-state index in [1.54, 1.807) is 31.2 Å². The standard InChI is InChI=1S/C21H24ClNO4/c1-4-26-21(25)17-8-5-6-9-18(17)23-19(24)10-7-11-27-16-12-14(2)20(22)15(3)13-16/h5-6,8-9,12-13H,4,7,10-11H2,1-3H3,(H,23,24). The largest absolute Gasteiger partial charge is 0.494 e. The number of halogens is 1. The summed E-state index contributed by atoms with van der Waals surface area (Å²) < 4.78 is 10.7. The molecule has 0 aromatic heterocycles. The van der Waals surface area contributed by atoms with Crippen molar-refractivity contribution in [3.8, 4) is 5.75 Å². The molecule has 0 aliphatic carbocycles. The molecule has 0 heterocycles. The van der Waals surface area contributed by atoms with E-state index in [9.17, 15) is 9.59 Å². The van der Waals surface area contributed by atoms with Gasteiger partial charge in [0.2, 0.25) is 5.91 Å². The molecule has 5 nitrogen and oxygen atoms in total. The molecule has 0 fully saturated rings. The van der Waals surface area contributed by atoms with Crippen molar-refractivity contribution >= 4 is 29.2 Å². The third kappa shape index (κ3) is 6.00. The highest BCUT2D eigenvalue weighted by Gasteiger charge is 2.13. The first-order chi connectivity index (χ1) is 12.9. The number of rotatable bonds is 8. The first-order valence-electron chi connectivity index (χ1n) is 8.88. The molecule has 0 radical (unpaired) electrons. The van der Waals surface area contributed by atoms with Crippen molar-refractivity contribution in [1.82, 2.24) is 0 Å². The Kier molecular flexibility index (Phi) is 7.67. The lowest BCUT2D eigenvalue weighted by Crippen LogP contribution is -2.16. The Bertz CT molecular complexity index is 797. The second-order valence-corrected chi connectivity index (χ2v) is 6.52. The van der Waals surface area contributed by atoms with E-state index in [2.05, 4.69) is 5.32 Å². The molecule has 1 amide bonds. The van der Waals surface area contributed by atoms with Crippen molar-refractivity contribution < 1.29 is 19.1 Å². The predicted molar refractivity (Wildman–Crippen MR) is 107 cm³/mol. The second-order valence-electron chi connectivity index (χ2n) is 6.14. The summed E-state index contributed by atoms with van der Waals surface area (Å²) in [4.78, 5) is 24.1. The molecule has 0 bridgehead atoms. The molecule has 2 aromatic rings. The van der Waals surface area contributed by atoms with E-state index in [1.807, 2.05) is 26.0 Å². The van der Waals surface area contributed by atoms with Crippen LogP contribution in [-0.2, 0) is 9.53 Å². The number of anilines is 1. The molecule has 6 heteroatoms. The van der Waals surface area contributed by atoms with Crippen molar-refractivity contribution in [1.29, 1.82) is 0 Å². The third-order valence-electron chi connectivity index (χ3n) is 3.92. The molecule has 0 unspecified atom stereocenters. The Labute approximate surface area is 164 Å². The van der Waals surface area contributed by atoms with E-state index < -0.39 is 5.97 Å². The number of nitrogens with one attached hydrogen (secondary N) is 1. The molecular weight excluding hydrogens is 366 g/mol. The number of aryl methyl sites for hydroxylation is 2. The number of ether oxygens (including phenoxy) is 2. The van der Waals surface area contributed by atoms with E-state index in [-0.39, 0.29) is 18.9 Å². The molecule has 27 heavy (non-hydrogen) atoms. The van der Waals surface area contributed by atoms with Gasteiger partial charge < -0.3 is 14.8 Å². The quantitative estimate of drug-likeness (QED) is 0.513. The minimum absolute atomic E-state index is 0.182. The Morgan fingerprint density at radius 1 is 1.11 bits per heavy atom. The maximum atomic E-state index is 12.2. The molecule has 0 atom stereocenters. The molecule has 0 saturated heterocycles. The van der Waals surface area contributed by atoms with Gasteiger partial charge in [-0.25, -0.2) is 4.79 Å². The summed E-state index contributed by atoms with van der Waals surface area (Å²) in [6.45, 7) is 6.28. The van der Waals surface area contributed by atoms with E-state index >= 15 is 0 Å². The van der Waals surface area contributed by atoms with E-state index in [1.165, 1.54) is 0 Å². The molecule has 1 N–H and O–H groups in total. The summed E-state index contributed by atoms with van der Waals surface area (Å²) in [5.41, 5.74) is 2.71. The first-order valence-corrected chi connectivity index (χ1v) is 9.25. The third-order valence-corrected chi connectivity index (χ3v) is 4.52. The highest BCUT2D eigenvalue weighted by atomic mass is 35.5. The highest BCUT2D eigenvalue weighted by molar-refractivity contribution is 6.32. The predicted octanol–water partition coefficient (Wildman–Crippen LogP) is 4.93. The van der Waals surface area contributed by atoms with Crippen molar-refractivity contribution in [2.75, 3.05) is 18.5 Å². The highest BCUT2D eigenvalue weighted by Crippen LogP contribution is 2.26. The van der Waals surface area contributed by atoms with Gasteiger partial charge in [-0.15, -0.1) is 0 Å². The maximum Gasteiger partial charge on any atom is 0.340 e. The Morgan fingerprint density at radius 2 is 1.78 bits per heavy atom. The summed E-state index contributed by atoms with van der Waals surface area (Å²) in [6.07, 6.45) is 0.830. The number of amides is 1. The number of hydrogen-bond donors (Lipinski definition) is 1. The van der Waals surface area contributed by atoms with Crippen LogP contribution in [0.4, 0.5) is 5.69 Å². The SMILES string of the molecule is CCOC(=O)c1ccccc1NC(=O)CCCOc1cc(C)c(Cl)c(C)c1. The Morgan fingerprint density at radius 3 is 2.44 bits per heavy atom. The zero-order chi connectivity index (χ0) is 19.8. The van der Waals surface area contributed by atoms with Crippen LogP contribution in [0.3, 0.4) is 0 Å².